The van der Waals surface area contributed by atoms with E-state index >= 15 is 0 Å². The molecule has 0 radical (unpaired) electrons. The average Bonchev–Trinajstić information content (AvgIpc) is 2.79. The van der Waals surface area contributed by atoms with Gasteiger partial charge in [-0.25, -0.2) is 0 Å². The number of likely N-dealkylation sites (tertiary alicyclic amines) is 1. The molecule has 1 fully saturated rings. The molecule has 1 atom stereocenters. The summed E-state index contributed by atoms with van der Waals surface area (Å²) in [5, 5.41) is 0. The lowest BCUT2D eigenvalue weighted by atomic mass is 9.88. The topological polar surface area (TPSA) is 32.8 Å². The average molecular weight is 318 g/mol. The van der Waals surface area contributed by atoms with Crippen molar-refractivity contribution in [2.45, 2.75) is 38.6 Å². The van der Waals surface area contributed by atoms with Crippen molar-refractivity contribution in [3.05, 3.63) is 29.8 Å². The van der Waals surface area contributed by atoms with Crippen LogP contribution in [0.15, 0.2) is 24.3 Å². The number of nitrogens with zero attached hydrogens (tertiary/aromatic N) is 2. The summed E-state index contributed by atoms with van der Waals surface area (Å²) in [6, 6.07) is 7.95. The zero-order valence-corrected chi connectivity index (χ0v) is 15.1. The van der Waals surface area contributed by atoms with Crippen LogP contribution < -0.4 is 4.74 Å². The summed E-state index contributed by atoms with van der Waals surface area (Å²) in [7, 11) is 5.77. The predicted octanol–water partition coefficient (Wildman–Crippen LogP) is 2.82. The fourth-order valence-corrected chi connectivity index (χ4v) is 3.32. The second-order valence-corrected chi connectivity index (χ2v) is 7.19. The number of ether oxygens (including phenoxy) is 1. The molecule has 1 aromatic carbocycles. The van der Waals surface area contributed by atoms with E-state index in [1.807, 2.05) is 36.2 Å². The van der Waals surface area contributed by atoms with Crippen molar-refractivity contribution in [3.8, 4) is 5.75 Å². The Labute approximate surface area is 140 Å². The standard InChI is InChI=1S/C19H30N2O2/c1-19(2)16(11-12-21(19)4)14-20(3)18(22)10-9-15-7-6-8-17(13-15)23-5/h6-8,13,16H,9-12,14H2,1-5H3. The molecule has 0 spiro atoms. The van der Waals surface area contributed by atoms with Gasteiger partial charge in [0.25, 0.3) is 0 Å². The third-order valence-corrected chi connectivity index (χ3v) is 5.48. The molecule has 1 unspecified atom stereocenters. The molecule has 128 valence electrons. The summed E-state index contributed by atoms with van der Waals surface area (Å²) in [6.07, 6.45) is 2.47. The van der Waals surface area contributed by atoms with E-state index in [1.54, 1.807) is 7.11 Å². The number of hydrogen-bond acceptors (Lipinski definition) is 3. The maximum absolute atomic E-state index is 12.4. The normalized spacial score (nSPS) is 20.5. The summed E-state index contributed by atoms with van der Waals surface area (Å²) in [4.78, 5) is 16.7. The van der Waals surface area contributed by atoms with Crippen molar-refractivity contribution in [1.29, 1.82) is 0 Å². The Bertz CT molecular complexity index is 542. The molecule has 1 aliphatic rings. The van der Waals surface area contributed by atoms with Crippen molar-refractivity contribution >= 4 is 5.91 Å². The lowest BCUT2D eigenvalue weighted by molar-refractivity contribution is -0.130. The first-order valence-electron chi connectivity index (χ1n) is 8.42. The first-order chi connectivity index (χ1) is 10.8. The Hall–Kier alpha value is -1.55. The van der Waals surface area contributed by atoms with Gasteiger partial charge >= 0.3 is 0 Å². The van der Waals surface area contributed by atoms with Crippen molar-refractivity contribution < 1.29 is 9.53 Å². The summed E-state index contributed by atoms with van der Waals surface area (Å²) in [5.74, 6) is 1.61. The quantitative estimate of drug-likeness (QED) is 0.808. The van der Waals surface area contributed by atoms with Crippen LogP contribution in [0.3, 0.4) is 0 Å². The highest BCUT2D eigenvalue weighted by Gasteiger charge is 2.39. The highest BCUT2D eigenvalue weighted by molar-refractivity contribution is 5.76. The van der Waals surface area contributed by atoms with Gasteiger partial charge < -0.3 is 14.5 Å². The number of carbonyl (C=O) groups is 1. The molecule has 1 aliphatic heterocycles. The van der Waals surface area contributed by atoms with E-state index in [-0.39, 0.29) is 11.4 Å². The number of benzene rings is 1. The first-order valence-corrected chi connectivity index (χ1v) is 8.42. The molecule has 1 amide bonds. The first kappa shape index (κ1) is 17.8. The fourth-order valence-electron chi connectivity index (χ4n) is 3.32. The van der Waals surface area contributed by atoms with Crippen LogP contribution >= 0.6 is 0 Å². The third kappa shape index (κ3) is 4.25. The van der Waals surface area contributed by atoms with Crippen molar-refractivity contribution in [2.75, 3.05) is 34.3 Å². The highest BCUT2D eigenvalue weighted by Crippen LogP contribution is 2.33. The lowest BCUT2D eigenvalue weighted by Gasteiger charge is -2.35. The molecule has 2 rings (SSSR count). The van der Waals surface area contributed by atoms with Gasteiger partial charge in [0.05, 0.1) is 7.11 Å². The van der Waals surface area contributed by atoms with Crippen LogP contribution in [-0.4, -0.2) is 55.5 Å². The highest BCUT2D eigenvalue weighted by atomic mass is 16.5. The van der Waals surface area contributed by atoms with Crippen molar-refractivity contribution in [3.63, 3.8) is 0 Å². The molecule has 0 saturated carbocycles. The summed E-state index contributed by atoms with van der Waals surface area (Å²) in [5.41, 5.74) is 1.31. The second kappa shape index (κ2) is 7.35. The number of aryl methyl sites for hydroxylation is 1. The van der Waals surface area contributed by atoms with Crippen molar-refractivity contribution in [1.82, 2.24) is 9.80 Å². The molecule has 23 heavy (non-hydrogen) atoms. The van der Waals surface area contributed by atoms with E-state index in [2.05, 4.69) is 25.8 Å². The molecule has 0 bridgehead atoms. The molecule has 1 aromatic rings. The molecule has 0 N–H and O–H groups in total. The van der Waals surface area contributed by atoms with E-state index in [0.29, 0.717) is 12.3 Å². The maximum Gasteiger partial charge on any atom is 0.222 e. The minimum atomic E-state index is 0.168. The van der Waals surface area contributed by atoms with Gasteiger partial charge in [-0.2, -0.15) is 0 Å². The smallest absolute Gasteiger partial charge is 0.222 e. The van der Waals surface area contributed by atoms with E-state index < -0.39 is 0 Å². The van der Waals surface area contributed by atoms with E-state index in [0.717, 1.165) is 37.2 Å². The minimum Gasteiger partial charge on any atom is -0.497 e. The Morgan fingerprint density at radius 3 is 2.78 bits per heavy atom. The van der Waals surface area contributed by atoms with Gasteiger partial charge in [-0.05, 0) is 63.9 Å². The molecule has 0 aliphatic carbocycles. The molecule has 4 heteroatoms. The molecule has 0 aromatic heterocycles. The summed E-state index contributed by atoms with van der Waals surface area (Å²) in [6.45, 7) is 6.51. The molecular weight excluding hydrogens is 288 g/mol. The van der Waals surface area contributed by atoms with Gasteiger partial charge in [0.1, 0.15) is 5.75 Å². The number of methoxy groups -OCH3 is 1. The van der Waals surface area contributed by atoms with Gasteiger partial charge in [0.2, 0.25) is 5.91 Å². The molecule has 4 nitrogen and oxygen atoms in total. The third-order valence-electron chi connectivity index (χ3n) is 5.48. The van der Waals surface area contributed by atoms with E-state index in [9.17, 15) is 4.79 Å². The lowest BCUT2D eigenvalue weighted by Crippen LogP contribution is -2.44. The van der Waals surface area contributed by atoms with Gasteiger partial charge in [0.15, 0.2) is 0 Å². The van der Waals surface area contributed by atoms with Crippen LogP contribution in [0.5, 0.6) is 5.75 Å². The van der Waals surface area contributed by atoms with Gasteiger partial charge in [-0.15, -0.1) is 0 Å². The molecule has 1 heterocycles. The number of hydrogen-bond donors (Lipinski definition) is 0. The van der Waals surface area contributed by atoms with Crippen LogP contribution in [0.4, 0.5) is 0 Å². The number of amides is 1. The van der Waals surface area contributed by atoms with Crippen molar-refractivity contribution in [2.24, 2.45) is 5.92 Å². The summed E-state index contributed by atoms with van der Waals surface area (Å²) < 4.78 is 5.23. The van der Waals surface area contributed by atoms with Gasteiger partial charge in [0, 0.05) is 25.6 Å². The largest absolute Gasteiger partial charge is 0.497 e. The zero-order chi connectivity index (χ0) is 17.0. The van der Waals surface area contributed by atoms with Crippen LogP contribution in [0, 0.1) is 5.92 Å². The summed E-state index contributed by atoms with van der Waals surface area (Å²) >= 11 is 0. The predicted molar refractivity (Wildman–Crippen MR) is 93.8 cm³/mol. The Morgan fingerprint density at radius 2 is 2.17 bits per heavy atom. The van der Waals surface area contributed by atoms with E-state index in [1.165, 1.54) is 0 Å². The maximum atomic E-state index is 12.4. The number of carbonyl (C=O) groups excluding carboxylic acids is 1. The fraction of sp³-hybridized carbons (Fsp3) is 0.632. The van der Waals surface area contributed by atoms with Gasteiger partial charge in [-0.1, -0.05) is 12.1 Å². The zero-order valence-electron chi connectivity index (χ0n) is 15.1. The Morgan fingerprint density at radius 1 is 1.43 bits per heavy atom. The van der Waals surface area contributed by atoms with Crippen LogP contribution in [0.25, 0.3) is 0 Å². The second-order valence-electron chi connectivity index (χ2n) is 7.19. The SMILES string of the molecule is COc1cccc(CCC(=O)N(C)CC2CCN(C)C2(C)C)c1. The molecule has 1 saturated heterocycles. The van der Waals surface area contributed by atoms with Crippen LogP contribution in [0.2, 0.25) is 0 Å². The van der Waals surface area contributed by atoms with Gasteiger partial charge in [-0.3, -0.25) is 4.79 Å². The van der Waals surface area contributed by atoms with E-state index in [4.69, 9.17) is 4.74 Å². The Kier molecular flexibility index (Phi) is 5.69. The van der Waals surface area contributed by atoms with Crippen LogP contribution in [0.1, 0.15) is 32.3 Å². The molecular formula is C19H30N2O2. The monoisotopic (exact) mass is 318 g/mol. The minimum absolute atomic E-state index is 0.168. The van der Waals surface area contributed by atoms with Crippen LogP contribution in [-0.2, 0) is 11.2 Å². The Balaban J connectivity index is 1.85. The number of rotatable bonds is 6.